The normalized spacial score (nSPS) is 15.7. The summed E-state index contributed by atoms with van der Waals surface area (Å²) in [7, 11) is 0. The maximum absolute atomic E-state index is 12.1. The molecule has 4 nitrogen and oxygen atoms in total. The molecule has 1 amide bonds. The van der Waals surface area contributed by atoms with Crippen molar-refractivity contribution in [1.29, 1.82) is 0 Å². The summed E-state index contributed by atoms with van der Waals surface area (Å²) in [6, 6.07) is 5.42. The largest absolute Gasteiger partial charge is 0.415 e. The molecular weight excluding hydrogens is 266 g/mol. The van der Waals surface area contributed by atoms with E-state index in [1.54, 1.807) is 17.0 Å². The van der Waals surface area contributed by atoms with Crippen molar-refractivity contribution in [2.75, 3.05) is 13.1 Å². The lowest BCUT2D eigenvalue weighted by Crippen LogP contribution is -2.37. The molecule has 1 fully saturated rings. The van der Waals surface area contributed by atoms with Gasteiger partial charge < -0.3 is 9.64 Å². The van der Waals surface area contributed by atoms with Crippen molar-refractivity contribution in [2.45, 2.75) is 45.4 Å². The summed E-state index contributed by atoms with van der Waals surface area (Å²) in [5, 5.41) is 0. The van der Waals surface area contributed by atoms with E-state index in [-0.39, 0.29) is 11.5 Å². The van der Waals surface area contributed by atoms with E-state index in [0.717, 1.165) is 44.2 Å². The SMILES string of the molecule is CC(C)(C)c1ccc(OC(=O)N2CCCCC2)c(C=O)c1. The van der Waals surface area contributed by atoms with Crippen molar-refractivity contribution in [3.05, 3.63) is 29.3 Å². The molecule has 1 heterocycles. The molecule has 1 aromatic carbocycles. The molecular formula is C17H23NO3. The second-order valence-electron chi connectivity index (χ2n) is 6.54. The van der Waals surface area contributed by atoms with Crippen LogP contribution in [0, 0.1) is 0 Å². The standard InChI is InChI=1S/C17H23NO3/c1-17(2,3)14-7-8-15(13(11-14)12-19)21-16(20)18-9-5-4-6-10-18/h7-8,11-12H,4-6,9-10H2,1-3H3. The van der Waals surface area contributed by atoms with Gasteiger partial charge in [-0.25, -0.2) is 4.79 Å². The Kier molecular flexibility index (Phi) is 4.66. The van der Waals surface area contributed by atoms with Crippen LogP contribution in [0.25, 0.3) is 0 Å². The minimum Gasteiger partial charge on any atom is -0.409 e. The molecule has 0 N–H and O–H groups in total. The topological polar surface area (TPSA) is 46.6 Å². The van der Waals surface area contributed by atoms with Crippen LogP contribution in [0.1, 0.15) is 56.0 Å². The average molecular weight is 289 g/mol. The number of amides is 1. The first-order valence-corrected chi connectivity index (χ1v) is 7.48. The second kappa shape index (κ2) is 6.29. The van der Waals surface area contributed by atoms with Crippen LogP contribution in [0.3, 0.4) is 0 Å². The minimum atomic E-state index is -0.360. The quantitative estimate of drug-likeness (QED) is 0.778. The monoisotopic (exact) mass is 289 g/mol. The predicted molar refractivity (Wildman–Crippen MR) is 82.0 cm³/mol. The van der Waals surface area contributed by atoms with Crippen molar-refractivity contribution in [1.82, 2.24) is 4.90 Å². The molecule has 2 rings (SSSR count). The summed E-state index contributed by atoms with van der Waals surface area (Å²) in [6.07, 6.45) is 3.57. The predicted octanol–water partition coefficient (Wildman–Crippen LogP) is 3.78. The van der Waals surface area contributed by atoms with Crippen LogP contribution in [-0.4, -0.2) is 30.4 Å². The van der Waals surface area contributed by atoms with Crippen LogP contribution in [0.5, 0.6) is 5.75 Å². The Morgan fingerprint density at radius 1 is 1.19 bits per heavy atom. The number of aldehydes is 1. The third-order valence-electron chi connectivity index (χ3n) is 3.81. The lowest BCUT2D eigenvalue weighted by molar-refractivity contribution is 0.111. The lowest BCUT2D eigenvalue weighted by Gasteiger charge is -2.26. The van der Waals surface area contributed by atoms with Crippen molar-refractivity contribution in [3.63, 3.8) is 0 Å². The number of hydrogen-bond donors (Lipinski definition) is 0. The third-order valence-corrected chi connectivity index (χ3v) is 3.81. The maximum Gasteiger partial charge on any atom is 0.415 e. The maximum atomic E-state index is 12.1. The van der Waals surface area contributed by atoms with Gasteiger partial charge in [0.25, 0.3) is 0 Å². The van der Waals surface area contributed by atoms with E-state index in [9.17, 15) is 9.59 Å². The number of ether oxygens (including phenoxy) is 1. The van der Waals surface area contributed by atoms with E-state index in [0.29, 0.717) is 11.3 Å². The Labute approximate surface area is 126 Å². The van der Waals surface area contributed by atoms with Crippen LogP contribution in [0.4, 0.5) is 4.79 Å². The second-order valence-corrected chi connectivity index (χ2v) is 6.54. The summed E-state index contributed by atoms with van der Waals surface area (Å²) in [4.78, 5) is 25.1. The van der Waals surface area contributed by atoms with Crippen molar-refractivity contribution in [2.24, 2.45) is 0 Å². The number of benzene rings is 1. The Morgan fingerprint density at radius 2 is 1.86 bits per heavy atom. The summed E-state index contributed by atoms with van der Waals surface area (Å²) in [5.74, 6) is 0.341. The van der Waals surface area contributed by atoms with Gasteiger partial charge in [-0.15, -0.1) is 0 Å². The highest BCUT2D eigenvalue weighted by molar-refractivity contribution is 5.82. The first-order chi connectivity index (χ1) is 9.91. The van der Waals surface area contributed by atoms with Crippen molar-refractivity contribution >= 4 is 12.4 Å². The molecule has 1 aromatic rings. The van der Waals surface area contributed by atoms with Gasteiger partial charge in [-0.05, 0) is 42.4 Å². The van der Waals surface area contributed by atoms with Gasteiger partial charge in [0.15, 0.2) is 6.29 Å². The molecule has 0 atom stereocenters. The third kappa shape index (κ3) is 3.84. The average Bonchev–Trinajstić information content (AvgIpc) is 2.47. The fraction of sp³-hybridized carbons (Fsp3) is 0.529. The number of nitrogens with zero attached hydrogens (tertiary/aromatic N) is 1. The summed E-state index contributed by atoms with van der Waals surface area (Å²) in [5.41, 5.74) is 1.42. The first-order valence-electron chi connectivity index (χ1n) is 7.48. The molecule has 0 spiro atoms. The zero-order chi connectivity index (χ0) is 15.5. The lowest BCUT2D eigenvalue weighted by atomic mass is 9.86. The number of carbonyl (C=O) groups is 2. The molecule has 0 aliphatic carbocycles. The summed E-state index contributed by atoms with van der Waals surface area (Å²) in [6.45, 7) is 7.70. The van der Waals surface area contributed by atoms with Gasteiger partial charge in [-0.2, -0.15) is 0 Å². The van der Waals surface area contributed by atoms with Gasteiger partial charge in [-0.3, -0.25) is 4.79 Å². The number of likely N-dealkylation sites (tertiary alicyclic amines) is 1. The van der Waals surface area contributed by atoms with Gasteiger partial charge in [0.05, 0.1) is 5.56 Å². The highest BCUT2D eigenvalue weighted by Gasteiger charge is 2.21. The van der Waals surface area contributed by atoms with E-state index in [1.807, 2.05) is 6.07 Å². The zero-order valence-corrected chi connectivity index (χ0v) is 13.0. The molecule has 1 aliphatic rings. The van der Waals surface area contributed by atoms with E-state index in [2.05, 4.69) is 20.8 Å². The molecule has 1 aliphatic heterocycles. The molecule has 0 saturated carbocycles. The molecule has 21 heavy (non-hydrogen) atoms. The summed E-state index contributed by atoms with van der Waals surface area (Å²) >= 11 is 0. The Morgan fingerprint density at radius 3 is 2.43 bits per heavy atom. The van der Waals surface area contributed by atoms with Crippen LogP contribution in [-0.2, 0) is 5.41 Å². The molecule has 0 radical (unpaired) electrons. The zero-order valence-electron chi connectivity index (χ0n) is 13.0. The van der Waals surface area contributed by atoms with Gasteiger partial charge in [-0.1, -0.05) is 26.8 Å². The molecule has 4 heteroatoms. The highest BCUT2D eigenvalue weighted by Crippen LogP contribution is 2.27. The van der Waals surface area contributed by atoms with E-state index in [4.69, 9.17) is 4.74 Å². The van der Waals surface area contributed by atoms with Gasteiger partial charge in [0, 0.05) is 13.1 Å². The number of rotatable bonds is 2. The van der Waals surface area contributed by atoms with Gasteiger partial charge in [0.2, 0.25) is 0 Å². The number of hydrogen-bond acceptors (Lipinski definition) is 3. The summed E-state index contributed by atoms with van der Waals surface area (Å²) < 4.78 is 5.40. The van der Waals surface area contributed by atoms with Crippen LogP contribution in [0.15, 0.2) is 18.2 Å². The fourth-order valence-corrected chi connectivity index (χ4v) is 2.44. The molecule has 0 aromatic heterocycles. The number of carbonyl (C=O) groups excluding carboxylic acids is 2. The molecule has 0 unspecified atom stereocenters. The van der Waals surface area contributed by atoms with Gasteiger partial charge in [0.1, 0.15) is 5.75 Å². The first kappa shape index (κ1) is 15.5. The Hall–Kier alpha value is -1.84. The van der Waals surface area contributed by atoms with E-state index < -0.39 is 0 Å². The fourth-order valence-electron chi connectivity index (χ4n) is 2.44. The molecule has 0 bridgehead atoms. The molecule has 114 valence electrons. The Bertz CT molecular complexity index is 525. The van der Waals surface area contributed by atoms with Crippen molar-refractivity contribution in [3.8, 4) is 5.75 Å². The van der Waals surface area contributed by atoms with Crippen molar-refractivity contribution < 1.29 is 14.3 Å². The number of piperidine rings is 1. The smallest absolute Gasteiger partial charge is 0.409 e. The van der Waals surface area contributed by atoms with Gasteiger partial charge >= 0.3 is 6.09 Å². The van der Waals surface area contributed by atoms with E-state index in [1.165, 1.54) is 0 Å². The Balaban J connectivity index is 2.16. The van der Waals surface area contributed by atoms with Crippen LogP contribution >= 0.6 is 0 Å². The van der Waals surface area contributed by atoms with Crippen LogP contribution in [0.2, 0.25) is 0 Å². The minimum absolute atomic E-state index is 0.0484. The van der Waals surface area contributed by atoms with E-state index >= 15 is 0 Å². The highest BCUT2D eigenvalue weighted by atomic mass is 16.6. The molecule has 1 saturated heterocycles. The van der Waals surface area contributed by atoms with Crippen LogP contribution < -0.4 is 4.74 Å².